The monoisotopic (exact) mass is 308 g/mol. The van der Waals surface area contributed by atoms with Crippen LogP contribution in [0.3, 0.4) is 0 Å². The quantitative estimate of drug-likeness (QED) is 0.807. The van der Waals surface area contributed by atoms with Gasteiger partial charge in [-0.05, 0) is 19.3 Å². The van der Waals surface area contributed by atoms with Crippen molar-refractivity contribution in [1.82, 2.24) is 14.9 Å². The molecule has 2 heterocycles. The first kappa shape index (κ1) is 16.6. The van der Waals surface area contributed by atoms with Crippen LogP contribution in [0.15, 0.2) is 12.4 Å². The largest absolute Gasteiger partial charge is 0.396 e. The van der Waals surface area contributed by atoms with Gasteiger partial charge in [0.25, 0.3) is 5.91 Å². The van der Waals surface area contributed by atoms with Crippen molar-refractivity contribution in [3.63, 3.8) is 0 Å². The van der Waals surface area contributed by atoms with Crippen LogP contribution < -0.4 is 5.32 Å². The first-order valence-corrected chi connectivity index (χ1v) is 7.53. The van der Waals surface area contributed by atoms with E-state index in [-0.39, 0.29) is 17.9 Å². The number of likely N-dealkylation sites (tertiary alicyclic amines) is 1. The van der Waals surface area contributed by atoms with Gasteiger partial charge in [0.1, 0.15) is 0 Å². The van der Waals surface area contributed by atoms with E-state index in [1.54, 1.807) is 19.1 Å². The molecule has 122 valence electrons. The molecule has 1 unspecified atom stereocenters. The average molecular weight is 308 g/mol. The molecule has 2 N–H and O–H groups in total. The summed E-state index contributed by atoms with van der Waals surface area (Å²) < 4.78 is 5.14. The molecule has 1 aliphatic rings. The van der Waals surface area contributed by atoms with E-state index in [1.165, 1.54) is 12.4 Å². The molecular formula is C15H24N4O3. The zero-order valence-corrected chi connectivity index (χ0v) is 13.2. The molecule has 7 nitrogen and oxygen atoms in total. The lowest BCUT2D eigenvalue weighted by Gasteiger charge is -2.41. The first-order chi connectivity index (χ1) is 10.6. The zero-order valence-electron chi connectivity index (χ0n) is 13.2. The second-order valence-electron chi connectivity index (χ2n) is 5.78. The topological polar surface area (TPSA) is 87.6 Å². The SMILES string of the molecule is CNc1ncc(C(=O)N2CCCC(CO)(CCOC)C2)cn1. The molecule has 0 aliphatic carbocycles. The number of aromatic nitrogens is 2. The number of amides is 1. The van der Waals surface area contributed by atoms with E-state index in [4.69, 9.17) is 4.74 Å². The molecule has 0 aromatic carbocycles. The fraction of sp³-hybridized carbons (Fsp3) is 0.667. The van der Waals surface area contributed by atoms with E-state index in [0.29, 0.717) is 31.2 Å². The zero-order chi connectivity index (χ0) is 16.0. The van der Waals surface area contributed by atoms with E-state index in [2.05, 4.69) is 15.3 Å². The van der Waals surface area contributed by atoms with Crippen LogP contribution in [0.25, 0.3) is 0 Å². The van der Waals surface area contributed by atoms with Gasteiger partial charge in [0.2, 0.25) is 5.95 Å². The third-order valence-electron chi connectivity index (χ3n) is 4.24. The number of aliphatic hydroxyl groups excluding tert-OH is 1. The lowest BCUT2D eigenvalue weighted by atomic mass is 9.78. The summed E-state index contributed by atoms with van der Waals surface area (Å²) in [5.74, 6) is 0.401. The number of carbonyl (C=O) groups excluding carboxylic acids is 1. The van der Waals surface area contributed by atoms with Crippen LogP contribution in [0.4, 0.5) is 5.95 Å². The lowest BCUT2D eigenvalue weighted by molar-refractivity contribution is 0.00895. The molecule has 1 aliphatic heterocycles. The summed E-state index contributed by atoms with van der Waals surface area (Å²) in [6, 6.07) is 0. The van der Waals surface area contributed by atoms with Crippen molar-refractivity contribution < 1.29 is 14.6 Å². The second kappa shape index (κ2) is 7.51. The first-order valence-electron chi connectivity index (χ1n) is 7.53. The molecule has 22 heavy (non-hydrogen) atoms. The molecule has 1 amide bonds. The molecule has 1 atom stereocenters. The van der Waals surface area contributed by atoms with E-state index in [9.17, 15) is 9.90 Å². The fourth-order valence-electron chi connectivity index (χ4n) is 2.86. The number of methoxy groups -OCH3 is 1. The molecule has 0 saturated carbocycles. The van der Waals surface area contributed by atoms with Gasteiger partial charge in [-0.3, -0.25) is 4.79 Å². The summed E-state index contributed by atoms with van der Waals surface area (Å²) in [7, 11) is 3.38. The molecular weight excluding hydrogens is 284 g/mol. The van der Waals surface area contributed by atoms with Crippen LogP contribution in [0.2, 0.25) is 0 Å². The normalized spacial score (nSPS) is 21.7. The van der Waals surface area contributed by atoms with Crippen molar-refractivity contribution in [2.45, 2.75) is 19.3 Å². The van der Waals surface area contributed by atoms with Crippen molar-refractivity contribution in [1.29, 1.82) is 0 Å². The van der Waals surface area contributed by atoms with Gasteiger partial charge in [-0.15, -0.1) is 0 Å². The maximum Gasteiger partial charge on any atom is 0.257 e. The second-order valence-corrected chi connectivity index (χ2v) is 5.78. The molecule has 1 fully saturated rings. The minimum absolute atomic E-state index is 0.0648. The molecule has 1 aromatic rings. The van der Waals surface area contributed by atoms with E-state index >= 15 is 0 Å². The minimum atomic E-state index is -0.268. The van der Waals surface area contributed by atoms with Gasteiger partial charge in [0, 0.05) is 51.7 Å². The van der Waals surface area contributed by atoms with Crippen molar-refractivity contribution in [2.75, 3.05) is 45.8 Å². The average Bonchev–Trinajstić information content (AvgIpc) is 2.59. The summed E-state index contributed by atoms with van der Waals surface area (Å²) in [5.41, 5.74) is 0.204. The number of ether oxygens (including phenoxy) is 1. The van der Waals surface area contributed by atoms with Crippen molar-refractivity contribution >= 4 is 11.9 Å². The Morgan fingerprint density at radius 2 is 2.23 bits per heavy atom. The Morgan fingerprint density at radius 3 is 2.82 bits per heavy atom. The number of hydrogen-bond donors (Lipinski definition) is 2. The number of piperidine rings is 1. The molecule has 7 heteroatoms. The standard InChI is InChI=1S/C15H24N4O3/c1-16-14-17-8-12(9-18-14)13(21)19-6-3-4-15(10-19,11-20)5-7-22-2/h8-9,20H,3-7,10-11H2,1-2H3,(H,16,17,18). The van der Waals surface area contributed by atoms with Crippen LogP contribution in [0, 0.1) is 5.41 Å². The van der Waals surface area contributed by atoms with Crippen molar-refractivity contribution in [3.05, 3.63) is 18.0 Å². The predicted octanol–water partition coefficient (Wildman–Crippen LogP) is 0.769. The molecule has 2 rings (SSSR count). The van der Waals surface area contributed by atoms with Gasteiger partial charge < -0.3 is 20.1 Å². The van der Waals surface area contributed by atoms with Crippen LogP contribution in [0.5, 0.6) is 0 Å². The van der Waals surface area contributed by atoms with Gasteiger partial charge in [0.05, 0.1) is 12.2 Å². The summed E-state index contributed by atoms with van der Waals surface area (Å²) in [5, 5.41) is 12.6. The van der Waals surface area contributed by atoms with Crippen LogP contribution in [0.1, 0.15) is 29.6 Å². The Kier molecular flexibility index (Phi) is 5.68. The number of hydrogen-bond acceptors (Lipinski definition) is 6. The number of aliphatic hydroxyl groups is 1. The Balaban J connectivity index is 2.08. The highest BCUT2D eigenvalue weighted by molar-refractivity contribution is 5.93. The highest BCUT2D eigenvalue weighted by Gasteiger charge is 2.36. The van der Waals surface area contributed by atoms with Gasteiger partial charge in [0.15, 0.2) is 0 Å². The third kappa shape index (κ3) is 3.72. The molecule has 1 saturated heterocycles. The maximum absolute atomic E-state index is 12.6. The fourth-order valence-corrected chi connectivity index (χ4v) is 2.86. The van der Waals surface area contributed by atoms with Crippen molar-refractivity contribution in [2.24, 2.45) is 5.41 Å². The molecule has 0 radical (unpaired) electrons. The summed E-state index contributed by atoms with van der Waals surface area (Å²) in [6.45, 7) is 1.89. The Labute approximate surface area is 130 Å². The summed E-state index contributed by atoms with van der Waals surface area (Å²) in [4.78, 5) is 22.5. The Hall–Kier alpha value is -1.73. The Morgan fingerprint density at radius 1 is 1.50 bits per heavy atom. The van der Waals surface area contributed by atoms with Crippen LogP contribution in [-0.2, 0) is 4.74 Å². The summed E-state index contributed by atoms with van der Waals surface area (Å²) in [6.07, 6.45) is 5.60. The number of nitrogens with zero attached hydrogens (tertiary/aromatic N) is 3. The minimum Gasteiger partial charge on any atom is -0.396 e. The van der Waals surface area contributed by atoms with Gasteiger partial charge in [-0.2, -0.15) is 0 Å². The third-order valence-corrected chi connectivity index (χ3v) is 4.24. The smallest absolute Gasteiger partial charge is 0.257 e. The van der Waals surface area contributed by atoms with Crippen molar-refractivity contribution in [3.8, 4) is 0 Å². The number of rotatable bonds is 6. The van der Waals surface area contributed by atoms with E-state index in [0.717, 1.165) is 19.3 Å². The predicted molar refractivity (Wildman–Crippen MR) is 82.7 cm³/mol. The summed E-state index contributed by atoms with van der Waals surface area (Å²) >= 11 is 0. The molecule has 1 aromatic heterocycles. The Bertz CT molecular complexity index is 494. The van der Waals surface area contributed by atoms with E-state index < -0.39 is 0 Å². The van der Waals surface area contributed by atoms with Gasteiger partial charge in [-0.1, -0.05) is 0 Å². The highest BCUT2D eigenvalue weighted by atomic mass is 16.5. The number of nitrogens with one attached hydrogen (secondary N) is 1. The molecule has 0 spiro atoms. The lowest BCUT2D eigenvalue weighted by Crippen LogP contribution is -2.48. The number of carbonyl (C=O) groups is 1. The molecule has 0 bridgehead atoms. The van der Waals surface area contributed by atoms with Gasteiger partial charge in [-0.25, -0.2) is 9.97 Å². The maximum atomic E-state index is 12.6. The van der Waals surface area contributed by atoms with Crippen LogP contribution >= 0.6 is 0 Å². The highest BCUT2D eigenvalue weighted by Crippen LogP contribution is 2.33. The van der Waals surface area contributed by atoms with Crippen LogP contribution in [-0.4, -0.2) is 66.3 Å². The van der Waals surface area contributed by atoms with E-state index in [1.807, 2.05) is 0 Å². The number of anilines is 1. The van der Waals surface area contributed by atoms with Gasteiger partial charge >= 0.3 is 0 Å².